The molecular weight excluding hydrogens is 307 g/mol. The molecule has 4 nitrogen and oxygen atoms in total. The van der Waals surface area contributed by atoms with E-state index in [0.29, 0.717) is 17.5 Å². The maximum absolute atomic E-state index is 9.31. The molecule has 96 valence electrons. The van der Waals surface area contributed by atoms with E-state index in [4.69, 9.17) is 11.6 Å². The number of aromatic nitrogens is 1. The first kappa shape index (κ1) is 16.3. The molecule has 0 saturated carbocycles. The van der Waals surface area contributed by atoms with Crippen molar-refractivity contribution in [3.8, 4) is 0 Å². The van der Waals surface area contributed by atoms with E-state index in [1.807, 2.05) is 19.1 Å². The minimum atomic E-state index is 0.446. The monoisotopic (exact) mass is 322 g/mol. The fourth-order valence-corrected chi connectivity index (χ4v) is 1.34. The normalized spacial score (nSPS) is 9.53. The van der Waals surface area contributed by atoms with Crippen LogP contribution in [-0.4, -0.2) is 11.6 Å². The standard InChI is InChI=1S/C6H5BrClN.C5H11NO2/c1-4-5(8)2-3-6(7)9-4;1-5(2)3-4-8-6-7/h2-3H,1H3;5H,3-4H2,1-2H3. The molecule has 1 rings (SSSR count). The quantitative estimate of drug-likeness (QED) is 0.354. The van der Waals surface area contributed by atoms with Crippen LogP contribution in [0.4, 0.5) is 0 Å². The van der Waals surface area contributed by atoms with Gasteiger partial charge in [0.1, 0.15) is 11.2 Å². The van der Waals surface area contributed by atoms with Gasteiger partial charge in [-0.1, -0.05) is 25.4 Å². The van der Waals surface area contributed by atoms with Gasteiger partial charge in [-0.15, -0.1) is 4.91 Å². The van der Waals surface area contributed by atoms with E-state index in [0.717, 1.165) is 16.7 Å². The zero-order valence-electron chi connectivity index (χ0n) is 10.1. The Morgan fingerprint density at radius 2 is 2.18 bits per heavy atom. The number of hydrogen-bond donors (Lipinski definition) is 0. The molecule has 0 saturated heterocycles. The summed E-state index contributed by atoms with van der Waals surface area (Å²) >= 11 is 8.92. The average Bonchev–Trinajstić information content (AvgIpc) is 2.25. The van der Waals surface area contributed by atoms with Gasteiger partial charge in [0.25, 0.3) is 0 Å². The second-order valence-corrected chi connectivity index (χ2v) is 5.01. The van der Waals surface area contributed by atoms with Crippen molar-refractivity contribution in [1.82, 2.24) is 4.98 Å². The highest BCUT2D eigenvalue weighted by Gasteiger charge is 1.94. The first-order valence-electron chi connectivity index (χ1n) is 5.20. The third-order valence-electron chi connectivity index (χ3n) is 1.83. The number of nitrogens with zero attached hydrogens (tertiary/aromatic N) is 2. The van der Waals surface area contributed by atoms with Gasteiger partial charge in [-0.3, -0.25) is 0 Å². The Morgan fingerprint density at radius 1 is 1.53 bits per heavy atom. The first-order chi connectivity index (χ1) is 7.97. The molecule has 0 atom stereocenters. The van der Waals surface area contributed by atoms with Crippen LogP contribution in [-0.2, 0) is 4.84 Å². The summed E-state index contributed by atoms with van der Waals surface area (Å²) in [7, 11) is 0. The Hall–Kier alpha value is -0.680. The van der Waals surface area contributed by atoms with E-state index < -0.39 is 0 Å². The number of halogens is 2. The molecule has 0 bridgehead atoms. The van der Waals surface area contributed by atoms with Gasteiger partial charge in [0.05, 0.1) is 10.7 Å². The van der Waals surface area contributed by atoms with Crippen LogP contribution in [0, 0.1) is 17.7 Å². The van der Waals surface area contributed by atoms with Crippen molar-refractivity contribution in [2.24, 2.45) is 11.3 Å². The predicted octanol–water partition coefficient (Wildman–Crippen LogP) is 4.54. The van der Waals surface area contributed by atoms with Gasteiger partial charge in [0, 0.05) is 0 Å². The highest BCUT2D eigenvalue weighted by atomic mass is 79.9. The minimum absolute atomic E-state index is 0.446. The number of hydrogen-bond acceptors (Lipinski definition) is 4. The Kier molecular flexibility index (Phi) is 8.99. The van der Waals surface area contributed by atoms with E-state index in [2.05, 4.69) is 44.9 Å². The van der Waals surface area contributed by atoms with E-state index in [1.54, 1.807) is 0 Å². The highest BCUT2D eigenvalue weighted by molar-refractivity contribution is 9.10. The molecule has 0 aliphatic rings. The summed E-state index contributed by atoms with van der Waals surface area (Å²) in [6.07, 6.45) is 0.895. The van der Waals surface area contributed by atoms with Crippen LogP contribution in [0.3, 0.4) is 0 Å². The number of rotatable bonds is 4. The molecule has 0 N–H and O–H groups in total. The van der Waals surface area contributed by atoms with Crippen LogP contribution in [0.1, 0.15) is 26.0 Å². The molecule has 0 spiro atoms. The van der Waals surface area contributed by atoms with Crippen molar-refractivity contribution >= 4 is 27.5 Å². The second kappa shape index (κ2) is 9.36. The molecule has 6 heteroatoms. The fraction of sp³-hybridized carbons (Fsp3) is 0.545. The van der Waals surface area contributed by atoms with E-state index >= 15 is 0 Å². The summed E-state index contributed by atoms with van der Waals surface area (Å²) < 4.78 is 0.824. The molecule has 0 aromatic carbocycles. The minimum Gasteiger partial charge on any atom is -0.364 e. The van der Waals surface area contributed by atoms with Crippen LogP contribution in [0.2, 0.25) is 5.02 Å². The van der Waals surface area contributed by atoms with E-state index in [-0.39, 0.29) is 0 Å². The van der Waals surface area contributed by atoms with Crippen molar-refractivity contribution in [2.75, 3.05) is 6.61 Å². The average molecular weight is 324 g/mol. The zero-order valence-corrected chi connectivity index (χ0v) is 12.5. The lowest BCUT2D eigenvalue weighted by atomic mass is 10.1. The molecule has 1 heterocycles. The summed E-state index contributed by atoms with van der Waals surface area (Å²) in [6, 6.07) is 3.63. The molecule has 17 heavy (non-hydrogen) atoms. The predicted molar refractivity (Wildman–Crippen MR) is 72.9 cm³/mol. The Balaban J connectivity index is 0.000000304. The fourth-order valence-electron chi connectivity index (χ4n) is 0.839. The van der Waals surface area contributed by atoms with Gasteiger partial charge in [0.15, 0.2) is 5.34 Å². The molecule has 1 aromatic rings. The van der Waals surface area contributed by atoms with Gasteiger partial charge >= 0.3 is 0 Å². The van der Waals surface area contributed by atoms with Crippen molar-refractivity contribution < 1.29 is 4.84 Å². The van der Waals surface area contributed by atoms with E-state index in [9.17, 15) is 4.91 Å². The molecule has 0 aliphatic heterocycles. The van der Waals surface area contributed by atoms with Crippen LogP contribution in [0.5, 0.6) is 0 Å². The zero-order chi connectivity index (χ0) is 13.3. The van der Waals surface area contributed by atoms with Crippen molar-refractivity contribution in [3.63, 3.8) is 0 Å². The molecular formula is C11H16BrClN2O2. The van der Waals surface area contributed by atoms with Gasteiger partial charge in [-0.25, -0.2) is 4.98 Å². The number of pyridine rings is 1. The van der Waals surface area contributed by atoms with Crippen molar-refractivity contribution in [2.45, 2.75) is 27.2 Å². The number of aryl methyl sites for hydroxylation is 1. The summed E-state index contributed by atoms with van der Waals surface area (Å²) in [5, 5.41) is 2.96. The molecule has 0 radical (unpaired) electrons. The highest BCUT2D eigenvalue weighted by Crippen LogP contribution is 2.15. The Labute approximate surface area is 115 Å². The first-order valence-corrected chi connectivity index (χ1v) is 6.37. The molecule has 0 fully saturated rings. The van der Waals surface area contributed by atoms with Gasteiger partial charge in [-0.05, 0) is 47.3 Å². The second-order valence-electron chi connectivity index (χ2n) is 3.79. The lowest BCUT2D eigenvalue weighted by Gasteiger charge is -1.98. The lowest BCUT2D eigenvalue weighted by Crippen LogP contribution is -1.93. The largest absolute Gasteiger partial charge is 0.364 e. The van der Waals surface area contributed by atoms with Crippen LogP contribution in [0.25, 0.3) is 0 Å². The maximum atomic E-state index is 9.31. The smallest absolute Gasteiger partial charge is 0.155 e. The molecule has 0 amide bonds. The molecule has 0 aliphatic carbocycles. The van der Waals surface area contributed by atoms with Crippen molar-refractivity contribution in [3.05, 3.63) is 32.4 Å². The van der Waals surface area contributed by atoms with Crippen LogP contribution >= 0.6 is 27.5 Å². The SMILES string of the molecule is CC(C)CCON=O.Cc1nc(Br)ccc1Cl. The van der Waals surface area contributed by atoms with Gasteiger partial charge < -0.3 is 4.84 Å². The van der Waals surface area contributed by atoms with Crippen LogP contribution < -0.4 is 0 Å². The topological polar surface area (TPSA) is 51.5 Å². The lowest BCUT2D eigenvalue weighted by molar-refractivity contribution is 0.128. The third-order valence-corrected chi connectivity index (χ3v) is 2.67. The van der Waals surface area contributed by atoms with Gasteiger partial charge in [-0.2, -0.15) is 0 Å². The maximum Gasteiger partial charge on any atom is 0.155 e. The summed E-state index contributed by atoms with van der Waals surface area (Å²) in [5.74, 6) is 0.580. The Morgan fingerprint density at radius 3 is 2.59 bits per heavy atom. The summed E-state index contributed by atoms with van der Waals surface area (Å²) in [4.78, 5) is 17.6. The van der Waals surface area contributed by atoms with Crippen LogP contribution in [0.15, 0.2) is 22.1 Å². The third kappa shape index (κ3) is 9.06. The Bertz CT molecular complexity index is 348. The van der Waals surface area contributed by atoms with Gasteiger partial charge in [0.2, 0.25) is 0 Å². The van der Waals surface area contributed by atoms with E-state index in [1.165, 1.54) is 0 Å². The molecule has 0 unspecified atom stereocenters. The van der Waals surface area contributed by atoms with Crippen molar-refractivity contribution in [1.29, 1.82) is 0 Å². The summed E-state index contributed by atoms with van der Waals surface area (Å²) in [6.45, 7) is 6.44. The summed E-state index contributed by atoms with van der Waals surface area (Å²) in [5.41, 5.74) is 0.853. The molecule has 1 aromatic heterocycles.